The summed E-state index contributed by atoms with van der Waals surface area (Å²) in [6, 6.07) is 1.61. The van der Waals surface area contributed by atoms with Gasteiger partial charge in [-0.15, -0.1) is 34.0 Å². The Kier molecular flexibility index (Phi) is 18.5. The standard InChI is InChI=1S/C9H5F3N4O2S.C9H7F3N4S.C6H2ClF3N2O2.C3H4N2S.2CH4/c10-9(11,12)6-3-5(16(17)18)4-14-7(6)15-8-13-1-2-19-8;10-9(11,12)6-3-5(13)4-15-7(6)16-8-14-1-2-17-8;7-5-4(6(8,9)10)1-3(2-11-5)12(13)14;4-3-5-1-2-6-3;;/h1-4H,(H,13,14,15);1-4H,13H2,(H,14,15,16);1-2H;1-2H,(H2,4,5);2*1H4. The number of pyridine rings is 3. The lowest BCUT2D eigenvalue weighted by molar-refractivity contribution is -0.385. The highest BCUT2D eigenvalue weighted by Crippen LogP contribution is 2.38. The van der Waals surface area contributed by atoms with E-state index in [1.54, 1.807) is 17.0 Å². The lowest BCUT2D eigenvalue weighted by atomic mass is 10.2. The van der Waals surface area contributed by atoms with Gasteiger partial charge in [-0.3, -0.25) is 20.2 Å². The SMILES string of the molecule is C.C.Nc1cnc(Nc2nccs2)c(C(F)(F)F)c1.Nc1nccs1.O=[N+]([O-])c1cnc(Cl)c(C(F)(F)F)c1.O=[N+]([O-])c1cnc(Nc2nccs2)c(C(F)(F)F)c1. The van der Waals surface area contributed by atoms with E-state index in [0.717, 1.165) is 29.8 Å². The van der Waals surface area contributed by atoms with Crippen LogP contribution in [-0.2, 0) is 18.5 Å². The van der Waals surface area contributed by atoms with E-state index in [0.29, 0.717) is 28.6 Å². The van der Waals surface area contributed by atoms with Crippen LogP contribution < -0.4 is 22.1 Å². The Morgan fingerprint density at radius 1 is 0.586 bits per heavy atom. The Labute approximate surface area is 337 Å². The molecule has 0 aliphatic heterocycles. The summed E-state index contributed by atoms with van der Waals surface area (Å²) >= 11 is 8.84. The number of halogens is 10. The summed E-state index contributed by atoms with van der Waals surface area (Å²) < 4.78 is 113. The Balaban J connectivity index is 0.000000402. The van der Waals surface area contributed by atoms with E-state index in [1.165, 1.54) is 35.1 Å². The molecular formula is C29H26ClF9N12O4S3. The van der Waals surface area contributed by atoms with Crippen molar-refractivity contribution >= 4 is 89.7 Å². The third-order valence-corrected chi connectivity index (χ3v) is 7.99. The van der Waals surface area contributed by atoms with Crippen molar-refractivity contribution in [3.05, 3.63) is 114 Å². The second kappa shape index (κ2) is 21.5. The van der Waals surface area contributed by atoms with Gasteiger partial charge in [0.15, 0.2) is 15.4 Å². The minimum Gasteiger partial charge on any atom is -0.397 e. The summed E-state index contributed by atoms with van der Waals surface area (Å²) in [5, 5.41) is 31.0. The number of hydrogen-bond acceptors (Lipinski definition) is 17. The monoisotopic (exact) mass is 908 g/mol. The molecule has 0 unspecified atom stereocenters. The molecule has 6 aromatic rings. The Bertz CT molecular complexity index is 2200. The smallest absolute Gasteiger partial charge is 0.397 e. The average molecular weight is 909 g/mol. The molecule has 0 aliphatic rings. The Morgan fingerprint density at radius 3 is 1.34 bits per heavy atom. The quantitative estimate of drug-likeness (QED) is 0.0526. The molecule has 29 heteroatoms. The summed E-state index contributed by atoms with van der Waals surface area (Å²) in [4.78, 5) is 40.1. The van der Waals surface area contributed by atoms with Gasteiger partial charge < -0.3 is 22.1 Å². The van der Waals surface area contributed by atoms with Crippen LogP contribution in [0.2, 0.25) is 5.15 Å². The fourth-order valence-electron chi connectivity index (χ4n) is 3.41. The van der Waals surface area contributed by atoms with Crippen molar-refractivity contribution in [2.24, 2.45) is 0 Å². The molecule has 0 aliphatic carbocycles. The number of nitrogens with two attached hydrogens (primary N) is 2. The highest BCUT2D eigenvalue weighted by atomic mass is 35.5. The molecule has 0 atom stereocenters. The number of nitrogens with one attached hydrogen (secondary N) is 2. The average Bonchev–Trinajstić information content (AvgIpc) is 3.91. The van der Waals surface area contributed by atoms with E-state index in [-0.39, 0.29) is 31.5 Å². The lowest BCUT2D eigenvalue weighted by Crippen LogP contribution is -2.11. The van der Waals surface area contributed by atoms with Gasteiger partial charge >= 0.3 is 18.5 Å². The van der Waals surface area contributed by atoms with Gasteiger partial charge in [-0.05, 0) is 6.07 Å². The van der Waals surface area contributed by atoms with Crippen molar-refractivity contribution in [1.82, 2.24) is 29.9 Å². The van der Waals surface area contributed by atoms with E-state index >= 15 is 0 Å². The van der Waals surface area contributed by atoms with Gasteiger partial charge in [-0.25, -0.2) is 29.9 Å². The Hall–Kier alpha value is -6.00. The molecule has 6 rings (SSSR count). The van der Waals surface area contributed by atoms with E-state index in [2.05, 4.69) is 40.5 Å². The second-order valence-corrected chi connectivity index (χ2v) is 12.7. The summed E-state index contributed by atoms with van der Waals surface area (Å²) in [7, 11) is 0. The minimum absolute atomic E-state index is 0. The summed E-state index contributed by atoms with van der Waals surface area (Å²) in [5.41, 5.74) is 5.53. The Morgan fingerprint density at radius 2 is 0.983 bits per heavy atom. The van der Waals surface area contributed by atoms with Crippen molar-refractivity contribution in [3.63, 3.8) is 0 Å². The van der Waals surface area contributed by atoms with Gasteiger partial charge in [-0.2, -0.15) is 39.5 Å². The molecule has 0 saturated carbocycles. The fourth-order valence-corrected chi connectivity index (χ4v) is 5.06. The lowest BCUT2D eigenvalue weighted by Gasteiger charge is -2.12. The molecule has 58 heavy (non-hydrogen) atoms. The number of nitrogen functional groups attached to an aromatic ring is 2. The molecule has 0 bridgehead atoms. The van der Waals surface area contributed by atoms with Crippen LogP contribution in [0.4, 0.5) is 83.6 Å². The van der Waals surface area contributed by atoms with E-state index < -0.39 is 67.4 Å². The van der Waals surface area contributed by atoms with Crippen LogP contribution in [0, 0.1) is 20.2 Å². The van der Waals surface area contributed by atoms with Crippen LogP contribution in [-0.4, -0.2) is 39.8 Å². The third kappa shape index (κ3) is 15.5. The number of hydrogen-bond donors (Lipinski definition) is 4. The topological polar surface area (TPSA) is 240 Å². The molecule has 314 valence electrons. The molecular weight excluding hydrogens is 883 g/mol. The van der Waals surface area contributed by atoms with Gasteiger partial charge in [0, 0.05) is 46.9 Å². The second-order valence-electron chi connectivity index (χ2n) is 9.59. The van der Waals surface area contributed by atoms with Crippen LogP contribution >= 0.6 is 45.6 Å². The maximum absolute atomic E-state index is 12.8. The van der Waals surface area contributed by atoms with Crippen LogP contribution in [0.3, 0.4) is 0 Å². The molecule has 16 nitrogen and oxygen atoms in total. The zero-order chi connectivity index (χ0) is 41.8. The van der Waals surface area contributed by atoms with Crippen LogP contribution in [0.5, 0.6) is 0 Å². The van der Waals surface area contributed by atoms with Crippen molar-refractivity contribution in [3.8, 4) is 0 Å². The number of alkyl halides is 9. The highest BCUT2D eigenvalue weighted by Gasteiger charge is 2.37. The number of anilines is 6. The van der Waals surface area contributed by atoms with Crippen molar-refractivity contribution < 1.29 is 49.4 Å². The number of rotatable bonds is 6. The molecule has 0 amide bonds. The molecule has 6 aromatic heterocycles. The van der Waals surface area contributed by atoms with E-state index in [9.17, 15) is 59.7 Å². The number of aromatic nitrogens is 6. The zero-order valence-electron chi connectivity index (χ0n) is 26.8. The van der Waals surface area contributed by atoms with Gasteiger partial charge in [0.2, 0.25) is 0 Å². The third-order valence-electron chi connectivity index (χ3n) is 5.71. The van der Waals surface area contributed by atoms with Crippen molar-refractivity contribution in [2.45, 2.75) is 33.4 Å². The van der Waals surface area contributed by atoms with Gasteiger partial charge in [0.25, 0.3) is 11.4 Å². The summed E-state index contributed by atoms with van der Waals surface area (Å²) in [5.74, 6) is -0.824. The zero-order valence-corrected chi connectivity index (χ0v) is 30.0. The van der Waals surface area contributed by atoms with Crippen molar-refractivity contribution in [2.75, 3.05) is 22.1 Å². The first-order valence-electron chi connectivity index (χ1n) is 14.0. The van der Waals surface area contributed by atoms with Crippen molar-refractivity contribution in [1.29, 1.82) is 0 Å². The molecule has 0 aromatic carbocycles. The molecule has 0 spiro atoms. The summed E-state index contributed by atoms with van der Waals surface area (Å²) in [6.45, 7) is 0. The maximum atomic E-state index is 12.8. The predicted molar refractivity (Wildman–Crippen MR) is 201 cm³/mol. The molecule has 0 radical (unpaired) electrons. The van der Waals surface area contributed by atoms with Gasteiger partial charge in [0.1, 0.15) is 40.3 Å². The fraction of sp³-hybridized carbons (Fsp3) is 0.172. The molecule has 0 saturated heterocycles. The normalized spacial score (nSPS) is 10.7. The number of nitrogens with zero attached hydrogens (tertiary/aromatic N) is 8. The summed E-state index contributed by atoms with van der Waals surface area (Å²) in [6.07, 6.45) is -6.85. The van der Waals surface area contributed by atoms with Gasteiger partial charge in [0.05, 0.1) is 27.3 Å². The van der Waals surface area contributed by atoms with E-state index in [1.807, 2.05) is 5.38 Å². The molecule has 0 fully saturated rings. The molecule has 6 heterocycles. The number of thiazole rings is 3. The first kappa shape index (κ1) is 50.0. The minimum atomic E-state index is -4.75. The number of nitro groups is 2. The first-order valence-corrected chi connectivity index (χ1v) is 17.0. The maximum Gasteiger partial charge on any atom is 0.420 e. The first-order chi connectivity index (χ1) is 26.1. The predicted octanol–water partition coefficient (Wildman–Crippen LogP) is 10.8. The van der Waals surface area contributed by atoms with E-state index in [4.69, 9.17) is 23.1 Å². The van der Waals surface area contributed by atoms with Crippen LogP contribution in [0.15, 0.2) is 71.5 Å². The van der Waals surface area contributed by atoms with Gasteiger partial charge in [-0.1, -0.05) is 26.5 Å². The van der Waals surface area contributed by atoms with Crippen LogP contribution in [0.25, 0.3) is 0 Å². The largest absolute Gasteiger partial charge is 0.420 e. The van der Waals surface area contributed by atoms with Crippen LogP contribution in [0.1, 0.15) is 31.5 Å². The molecule has 6 N–H and O–H groups in total. The highest BCUT2D eigenvalue weighted by molar-refractivity contribution is 7.14.